The van der Waals surface area contributed by atoms with Crippen LogP contribution in [0.1, 0.15) is 12.2 Å². The molecule has 7 heteroatoms. The molecule has 2 fully saturated rings. The van der Waals surface area contributed by atoms with Crippen LogP contribution in [0.5, 0.6) is 0 Å². The Morgan fingerprint density at radius 2 is 2.22 bits per heavy atom. The Hall–Kier alpha value is -2.02. The normalized spacial score (nSPS) is 25.5. The number of nitrogens with one attached hydrogen (secondary N) is 1. The van der Waals surface area contributed by atoms with Gasteiger partial charge < -0.3 is 19.5 Å². The predicted octanol–water partition coefficient (Wildman–Crippen LogP) is 0.585. The summed E-state index contributed by atoms with van der Waals surface area (Å²) in [6.45, 7) is 4.15. The van der Waals surface area contributed by atoms with Gasteiger partial charge in [-0.3, -0.25) is 9.69 Å². The lowest BCUT2D eigenvalue weighted by Crippen LogP contribution is -2.47. The summed E-state index contributed by atoms with van der Waals surface area (Å²) in [5.41, 5.74) is -0.216. The van der Waals surface area contributed by atoms with E-state index in [4.69, 9.17) is 4.42 Å². The molecule has 0 aliphatic carbocycles. The number of carbonyl (C=O) groups excluding carboxylic acids is 2. The topological polar surface area (TPSA) is 69.0 Å². The minimum atomic E-state index is -0.216. The fourth-order valence-electron chi connectivity index (χ4n) is 3.53. The van der Waals surface area contributed by atoms with Crippen molar-refractivity contribution in [1.29, 1.82) is 0 Å². The second-order valence-electron chi connectivity index (χ2n) is 6.84. The highest BCUT2D eigenvalue weighted by Gasteiger charge is 2.44. The van der Waals surface area contributed by atoms with Crippen LogP contribution in [-0.2, 0) is 11.3 Å². The summed E-state index contributed by atoms with van der Waals surface area (Å²) in [5, 5.41) is 2.94. The number of amides is 3. The molecule has 1 N–H and O–H groups in total. The van der Waals surface area contributed by atoms with Crippen molar-refractivity contribution in [2.75, 3.05) is 46.8 Å². The Kier molecular flexibility index (Phi) is 4.30. The van der Waals surface area contributed by atoms with Gasteiger partial charge in [0.1, 0.15) is 5.76 Å². The molecule has 0 radical (unpaired) electrons. The third kappa shape index (κ3) is 3.50. The van der Waals surface area contributed by atoms with Crippen LogP contribution in [0, 0.1) is 5.41 Å². The molecule has 23 heavy (non-hydrogen) atoms. The molecule has 0 bridgehead atoms. The Morgan fingerprint density at radius 1 is 1.39 bits per heavy atom. The Labute approximate surface area is 136 Å². The van der Waals surface area contributed by atoms with Gasteiger partial charge in [0, 0.05) is 58.7 Å². The number of rotatable bonds is 2. The van der Waals surface area contributed by atoms with Gasteiger partial charge in [0.25, 0.3) is 0 Å². The zero-order chi connectivity index (χ0) is 16.4. The Balaban J connectivity index is 1.78. The molecule has 0 aromatic carbocycles. The van der Waals surface area contributed by atoms with Gasteiger partial charge in [0.2, 0.25) is 5.91 Å². The van der Waals surface area contributed by atoms with E-state index in [9.17, 15) is 9.59 Å². The predicted molar refractivity (Wildman–Crippen MR) is 84.7 cm³/mol. The molecular weight excluding hydrogens is 296 g/mol. The van der Waals surface area contributed by atoms with Crippen LogP contribution < -0.4 is 5.32 Å². The van der Waals surface area contributed by atoms with E-state index in [-0.39, 0.29) is 17.4 Å². The summed E-state index contributed by atoms with van der Waals surface area (Å²) in [5.74, 6) is 0.979. The number of furan rings is 1. The van der Waals surface area contributed by atoms with Gasteiger partial charge >= 0.3 is 6.03 Å². The van der Waals surface area contributed by atoms with Crippen molar-refractivity contribution in [1.82, 2.24) is 20.0 Å². The maximum atomic E-state index is 12.4. The van der Waals surface area contributed by atoms with Crippen molar-refractivity contribution in [3.8, 4) is 0 Å². The van der Waals surface area contributed by atoms with Crippen LogP contribution in [0.25, 0.3) is 0 Å². The maximum Gasteiger partial charge on any atom is 0.319 e. The second-order valence-corrected chi connectivity index (χ2v) is 6.84. The van der Waals surface area contributed by atoms with Crippen LogP contribution in [0.2, 0.25) is 0 Å². The fraction of sp³-hybridized carbons (Fsp3) is 0.625. The van der Waals surface area contributed by atoms with Gasteiger partial charge in [-0.25, -0.2) is 4.79 Å². The van der Waals surface area contributed by atoms with Gasteiger partial charge in [-0.05, 0) is 12.1 Å². The highest BCUT2D eigenvalue weighted by molar-refractivity contribution is 5.80. The lowest BCUT2D eigenvalue weighted by atomic mass is 9.86. The van der Waals surface area contributed by atoms with E-state index in [1.165, 1.54) is 0 Å². The van der Waals surface area contributed by atoms with Crippen molar-refractivity contribution >= 4 is 11.9 Å². The van der Waals surface area contributed by atoms with Gasteiger partial charge in [0.05, 0.1) is 12.8 Å². The zero-order valence-electron chi connectivity index (χ0n) is 13.7. The van der Waals surface area contributed by atoms with E-state index >= 15 is 0 Å². The summed E-state index contributed by atoms with van der Waals surface area (Å²) in [6.07, 6.45) is 2.14. The molecule has 3 heterocycles. The molecule has 1 aromatic heterocycles. The van der Waals surface area contributed by atoms with Gasteiger partial charge in [-0.2, -0.15) is 0 Å². The smallest absolute Gasteiger partial charge is 0.319 e. The highest BCUT2D eigenvalue weighted by atomic mass is 16.3. The van der Waals surface area contributed by atoms with Gasteiger partial charge in [0.15, 0.2) is 0 Å². The first kappa shape index (κ1) is 15.9. The number of hydrogen-bond donors (Lipinski definition) is 1. The minimum Gasteiger partial charge on any atom is -0.468 e. The Morgan fingerprint density at radius 3 is 2.83 bits per heavy atom. The number of hydrogen-bond acceptors (Lipinski definition) is 4. The lowest BCUT2D eigenvalue weighted by Gasteiger charge is -2.33. The first-order valence-electron chi connectivity index (χ1n) is 7.95. The molecule has 2 saturated heterocycles. The summed E-state index contributed by atoms with van der Waals surface area (Å²) < 4.78 is 5.45. The molecule has 2 aliphatic heterocycles. The largest absolute Gasteiger partial charge is 0.468 e. The molecule has 126 valence electrons. The number of nitrogens with zero attached hydrogens (tertiary/aromatic N) is 3. The fourth-order valence-corrected chi connectivity index (χ4v) is 3.53. The summed E-state index contributed by atoms with van der Waals surface area (Å²) in [4.78, 5) is 29.9. The molecule has 3 amide bonds. The molecule has 1 spiro atoms. The van der Waals surface area contributed by atoms with E-state index in [0.717, 1.165) is 18.8 Å². The highest BCUT2D eigenvalue weighted by Crippen LogP contribution is 2.31. The summed E-state index contributed by atoms with van der Waals surface area (Å²) >= 11 is 0. The molecule has 2 aliphatic rings. The van der Waals surface area contributed by atoms with Crippen LogP contribution in [0.4, 0.5) is 4.79 Å². The molecule has 0 saturated carbocycles. The molecule has 7 nitrogen and oxygen atoms in total. The standard InChI is InChI=1S/C16H24N4O3/c1-18(2)15(22)20-6-5-19(9-13-4-3-7-23-13)11-16(12-20)8-14(21)17-10-16/h3-4,7H,5-6,8-12H2,1-2H3,(H,17,21)/t16-/m0/s1. The first-order chi connectivity index (χ1) is 11.0. The van der Waals surface area contributed by atoms with Gasteiger partial charge in [-0.1, -0.05) is 0 Å². The monoisotopic (exact) mass is 320 g/mol. The molecule has 1 aromatic rings. The first-order valence-corrected chi connectivity index (χ1v) is 7.95. The number of carbonyl (C=O) groups is 2. The van der Waals surface area contributed by atoms with Crippen LogP contribution in [0.3, 0.4) is 0 Å². The molecule has 1 atom stereocenters. The SMILES string of the molecule is CN(C)C(=O)N1CCN(Cc2ccco2)C[C@]2(CNC(=O)C2)C1. The number of urea groups is 1. The quantitative estimate of drug-likeness (QED) is 0.866. The molecular formula is C16H24N4O3. The van der Waals surface area contributed by atoms with Crippen LogP contribution in [-0.4, -0.2) is 73.5 Å². The average molecular weight is 320 g/mol. The van der Waals surface area contributed by atoms with E-state index < -0.39 is 0 Å². The lowest BCUT2D eigenvalue weighted by molar-refractivity contribution is -0.119. The molecule has 3 rings (SSSR count). The van der Waals surface area contributed by atoms with E-state index in [1.807, 2.05) is 17.0 Å². The third-order valence-electron chi connectivity index (χ3n) is 4.58. The minimum absolute atomic E-state index is 0.00331. The second kappa shape index (κ2) is 6.23. The van der Waals surface area contributed by atoms with Crippen molar-refractivity contribution in [3.63, 3.8) is 0 Å². The summed E-state index contributed by atoms with van der Waals surface area (Å²) in [7, 11) is 3.52. The maximum absolute atomic E-state index is 12.4. The van der Waals surface area contributed by atoms with Crippen molar-refractivity contribution in [3.05, 3.63) is 24.2 Å². The summed E-state index contributed by atoms with van der Waals surface area (Å²) in [6, 6.07) is 3.84. The average Bonchev–Trinajstić information content (AvgIpc) is 3.08. The van der Waals surface area contributed by atoms with Crippen molar-refractivity contribution in [2.24, 2.45) is 5.41 Å². The molecule has 0 unspecified atom stereocenters. The van der Waals surface area contributed by atoms with Crippen LogP contribution >= 0.6 is 0 Å². The van der Waals surface area contributed by atoms with E-state index in [0.29, 0.717) is 32.6 Å². The third-order valence-corrected chi connectivity index (χ3v) is 4.58. The van der Waals surface area contributed by atoms with E-state index in [2.05, 4.69) is 10.2 Å². The van der Waals surface area contributed by atoms with E-state index in [1.54, 1.807) is 25.3 Å². The zero-order valence-corrected chi connectivity index (χ0v) is 13.7. The van der Waals surface area contributed by atoms with Gasteiger partial charge in [-0.15, -0.1) is 0 Å². The Bertz CT molecular complexity index is 572. The van der Waals surface area contributed by atoms with Crippen molar-refractivity contribution < 1.29 is 14.0 Å². The van der Waals surface area contributed by atoms with Crippen LogP contribution in [0.15, 0.2) is 22.8 Å². The van der Waals surface area contributed by atoms with Crippen molar-refractivity contribution in [2.45, 2.75) is 13.0 Å².